The molecule has 0 aliphatic carbocycles. The molecular formula is C20H20N2Ni. The summed E-state index contributed by atoms with van der Waals surface area (Å²) in [5.74, 6) is 0. The number of rotatable bonds is 5. The second-order valence-corrected chi connectivity index (χ2v) is 5.55. The first-order chi connectivity index (χ1) is 10.8. The zero-order valence-corrected chi connectivity index (χ0v) is 14.2. The molecular weight excluding hydrogens is 327 g/mol. The summed E-state index contributed by atoms with van der Waals surface area (Å²) in [6.07, 6.45) is 5.37. The number of hydrogen-bond acceptors (Lipinski definition) is 0. The molecule has 0 spiro atoms. The predicted molar refractivity (Wildman–Crippen MR) is 90.9 cm³/mol. The summed E-state index contributed by atoms with van der Waals surface area (Å²) in [7, 11) is 0. The molecule has 2 nitrogen and oxygen atoms in total. The average molecular weight is 347 g/mol. The molecule has 1 aliphatic rings. The minimum Gasteiger partial charge on any atom is -0.493 e. The smallest absolute Gasteiger partial charge is 0.210 e. The Morgan fingerprint density at radius 2 is 1.43 bits per heavy atom. The Labute approximate surface area is 148 Å². The molecule has 0 unspecified atom stereocenters. The number of benzene rings is 2. The Morgan fingerprint density at radius 1 is 0.870 bits per heavy atom. The molecule has 0 fully saturated rings. The Balaban J connectivity index is 0.00000192. The van der Waals surface area contributed by atoms with Crippen molar-refractivity contribution in [2.75, 3.05) is 0 Å². The molecule has 0 aromatic heterocycles. The fourth-order valence-corrected chi connectivity index (χ4v) is 2.83. The van der Waals surface area contributed by atoms with Gasteiger partial charge in [0.15, 0.2) is 0 Å². The fourth-order valence-electron chi connectivity index (χ4n) is 2.83. The van der Waals surface area contributed by atoms with Gasteiger partial charge in [0.1, 0.15) is 0 Å². The molecule has 120 valence electrons. The molecule has 0 amide bonds. The van der Waals surface area contributed by atoms with Gasteiger partial charge in [0.2, 0.25) is 11.4 Å². The largest absolute Gasteiger partial charge is 0.493 e. The summed E-state index contributed by atoms with van der Waals surface area (Å²) in [6, 6.07) is 20.1. The number of nitrogens with zero attached hydrogens (tertiary/aromatic N) is 2. The van der Waals surface area contributed by atoms with Crippen LogP contribution in [-0.2, 0) is 16.5 Å². The summed E-state index contributed by atoms with van der Waals surface area (Å²) >= 11 is 0. The van der Waals surface area contributed by atoms with E-state index >= 15 is 0 Å². The van der Waals surface area contributed by atoms with Crippen molar-refractivity contribution >= 4 is 11.4 Å². The van der Waals surface area contributed by atoms with Gasteiger partial charge in [-0.25, -0.2) is 4.70 Å². The van der Waals surface area contributed by atoms with Crippen LogP contribution in [-0.4, -0.2) is 4.70 Å². The van der Waals surface area contributed by atoms with Crippen molar-refractivity contribution < 1.29 is 21.2 Å². The van der Waals surface area contributed by atoms with E-state index in [0.717, 1.165) is 41.8 Å². The summed E-state index contributed by atoms with van der Waals surface area (Å²) in [4.78, 5) is 0. The summed E-state index contributed by atoms with van der Waals surface area (Å²) in [6.45, 7) is 2.19. The van der Waals surface area contributed by atoms with E-state index in [4.69, 9.17) is 0 Å². The van der Waals surface area contributed by atoms with Crippen molar-refractivity contribution in [3.05, 3.63) is 89.0 Å². The van der Waals surface area contributed by atoms with Gasteiger partial charge >= 0.3 is 0 Å². The molecule has 1 heterocycles. The Kier molecular flexibility index (Phi) is 6.07. The van der Waals surface area contributed by atoms with Crippen LogP contribution in [0.2, 0.25) is 0 Å². The second-order valence-electron chi connectivity index (χ2n) is 5.55. The molecule has 2 aromatic rings. The zero-order valence-electron chi connectivity index (χ0n) is 13.2. The third-order valence-corrected chi connectivity index (χ3v) is 3.97. The zero-order chi connectivity index (χ0) is 15.4. The molecule has 0 saturated heterocycles. The molecule has 0 saturated carbocycles. The monoisotopic (exact) mass is 346 g/mol. The van der Waals surface area contributed by atoms with Gasteiger partial charge in [0.05, 0.1) is 0 Å². The van der Waals surface area contributed by atoms with Crippen LogP contribution in [0, 0.1) is 0 Å². The van der Waals surface area contributed by atoms with Crippen molar-refractivity contribution in [2.24, 2.45) is 0 Å². The van der Waals surface area contributed by atoms with Crippen molar-refractivity contribution in [2.45, 2.75) is 26.2 Å². The van der Waals surface area contributed by atoms with Crippen molar-refractivity contribution in [1.29, 1.82) is 0 Å². The minimum absolute atomic E-state index is 0. The van der Waals surface area contributed by atoms with E-state index in [-0.39, 0.29) is 16.5 Å². The first-order valence-corrected chi connectivity index (χ1v) is 7.86. The summed E-state index contributed by atoms with van der Waals surface area (Å²) in [5.41, 5.74) is 15.8. The van der Waals surface area contributed by atoms with Crippen LogP contribution in [0.3, 0.4) is 0 Å². The SMILES string of the molecule is CCCCC1=C(c2ccccc2)[N+](=[N-])C(c2ccccc2)=C1.[Ni]. The third kappa shape index (κ3) is 3.68. The van der Waals surface area contributed by atoms with Gasteiger partial charge in [-0.2, -0.15) is 0 Å². The Hall–Kier alpha value is -1.99. The maximum Gasteiger partial charge on any atom is 0.210 e. The maximum atomic E-state index is 10.7. The van der Waals surface area contributed by atoms with Crippen LogP contribution >= 0.6 is 0 Å². The summed E-state index contributed by atoms with van der Waals surface area (Å²) < 4.78 is 1.34. The molecule has 0 N–H and O–H groups in total. The maximum absolute atomic E-state index is 10.7. The topological polar surface area (TPSA) is 25.3 Å². The van der Waals surface area contributed by atoms with Gasteiger partial charge in [0, 0.05) is 39.3 Å². The first kappa shape index (κ1) is 17.4. The van der Waals surface area contributed by atoms with Crippen molar-refractivity contribution in [1.82, 2.24) is 0 Å². The molecule has 1 aliphatic heterocycles. The van der Waals surface area contributed by atoms with Crippen LogP contribution in [0.4, 0.5) is 0 Å². The van der Waals surface area contributed by atoms with E-state index in [1.54, 1.807) is 0 Å². The van der Waals surface area contributed by atoms with Crippen molar-refractivity contribution in [3.63, 3.8) is 0 Å². The van der Waals surface area contributed by atoms with Crippen LogP contribution in [0.5, 0.6) is 0 Å². The Bertz CT molecular complexity index is 731. The molecule has 2 aromatic carbocycles. The van der Waals surface area contributed by atoms with Gasteiger partial charge in [0.25, 0.3) is 0 Å². The van der Waals surface area contributed by atoms with Crippen LogP contribution in [0.1, 0.15) is 37.3 Å². The van der Waals surface area contributed by atoms with E-state index in [2.05, 4.69) is 13.0 Å². The molecule has 23 heavy (non-hydrogen) atoms. The van der Waals surface area contributed by atoms with E-state index in [1.165, 1.54) is 10.3 Å². The van der Waals surface area contributed by atoms with Crippen LogP contribution in [0.25, 0.3) is 16.9 Å². The second kappa shape index (κ2) is 8.03. The Morgan fingerprint density at radius 3 is 2.00 bits per heavy atom. The molecule has 3 rings (SSSR count). The predicted octanol–water partition coefficient (Wildman–Crippen LogP) is 5.67. The van der Waals surface area contributed by atoms with Gasteiger partial charge < -0.3 is 5.53 Å². The number of unbranched alkanes of at least 4 members (excludes halogenated alkanes) is 1. The van der Waals surface area contributed by atoms with Gasteiger partial charge in [-0.1, -0.05) is 49.7 Å². The summed E-state index contributed by atoms with van der Waals surface area (Å²) in [5, 5.41) is 0. The van der Waals surface area contributed by atoms with E-state index in [0.29, 0.717) is 0 Å². The molecule has 0 atom stereocenters. The van der Waals surface area contributed by atoms with Gasteiger partial charge in [-0.3, -0.25) is 0 Å². The normalized spacial score (nSPS) is 13.8. The first-order valence-electron chi connectivity index (χ1n) is 7.86. The molecule has 3 heteroatoms. The van der Waals surface area contributed by atoms with Gasteiger partial charge in [-0.15, -0.1) is 0 Å². The number of allylic oxidation sites excluding steroid dienone is 2. The fraction of sp³-hybridized carbons (Fsp3) is 0.200. The standard InChI is InChI=1S/C20H20N2.Ni/c1-2-3-10-18-15-19(16-11-6-4-7-12-16)22(21)20(18)17-13-8-5-9-14-17;/h4-9,11-15H,2-3,10H2,1H3;. The van der Waals surface area contributed by atoms with Crippen LogP contribution in [0.15, 0.2) is 72.3 Å². The van der Waals surface area contributed by atoms with Crippen LogP contribution < -0.4 is 0 Å². The molecule has 0 radical (unpaired) electrons. The van der Waals surface area contributed by atoms with E-state index in [9.17, 15) is 5.53 Å². The van der Waals surface area contributed by atoms with E-state index < -0.39 is 0 Å². The van der Waals surface area contributed by atoms with Crippen molar-refractivity contribution in [3.8, 4) is 0 Å². The van der Waals surface area contributed by atoms with Gasteiger partial charge in [-0.05, 0) is 37.1 Å². The van der Waals surface area contributed by atoms with E-state index in [1.807, 2.05) is 60.7 Å². The minimum atomic E-state index is 0. The molecule has 0 bridgehead atoms. The average Bonchev–Trinajstić information content (AvgIpc) is 2.91. The quantitative estimate of drug-likeness (QED) is 0.492. The number of hydrogen-bond donors (Lipinski definition) is 0. The third-order valence-electron chi connectivity index (χ3n) is 3.97.